The summed E-state index contributed by atoms with van der Waals surface area (Å²) in [4.78, 5) is 2.31. The number of piperidine rings is 1. The molecule has 1 aliphatic heterocycles. The third kappa shape index (κ3) is 3.14. The summed E-state index contributed by atoms with van der Waals surface area (Å²) in [5.74, 6) is -0.0763. The van der Waals surface area contributed by atoms with E-state index in [1.54, 1.807) is 6.07 Å². The molecule has 2 rings (SSSR count). The lowest BCUT2D eigenvalue weighted by atomic mass is 9.96. The van der Waals surface area contributed by atoms with Crippen LogP contribution in [0.25, 0.3) is 0 Å². The van der Waals surface area contributed by atoms with Gasteiger partial charge in [0, 0.05) is 18.6 Å². The van der Waals surface area contributed by atoms with Gasteiger partial charge in [0.2, 0.25) is 0 Å². The van der Waals surface area contributed by atoms with Gasteiger partial charge >= 0.3 is 0 Å². The lowest BCUT2D eigenvalue weighted by Gasteiger charge is -2.39. The van der Waals surface area contributed by atoms with E-state index in [4.69, 9.17) is 0 Å². The smallest absolute Gasteiger partial charge is 0.146 e. The Hall–Kier alpha value is -1.09. The zero-order valence-corrected chi connectivity index (χ0v) is 13.0. The van der Waals surface area contributed by atoms with Gasteiger partial charge < -0.3 is 10.2 Å². The third-order valence-electron chi connectivity index (χ3n) is 4.38. The first kappa shape index (κ1) is 15.3. The summed E-state index contributed by atoms with van der Waals surface area (Å²) in [6, 6.07) is 6.15. The van der Waals surface area contributed by atoms with Crippen molar-refractivity contribution >= 4 is 5.69 Å². The van der Waals surface area contributed by atoms with Gasteiger partial charge in [0.1, 0.15) is 5.82 Å². The fourth-order valence-electron chi connectivity index (χ4n) is 3.32. The number of rotatable bonds is 5. The summed E-state index contributed by atoms with van der Waals surface area (Å²) in [6.45, 7) is 8.29. The van der Waals surface area contributed by atoms with Gasteiger partial charge in [-0.1, -0.05) is 26.0 Å². The summed E-state index contributed by atoms with van der Waals surface area (Å²) in [5.41, 5.74) is 1.92. The predicted molar refractivity (Wildman–Crippen MR) is 83.8 cm³/mol. The molecule has 1 saturated heterocycles. The molecule has 112 valence electrons. The SMILES string of the molecule is CCNC(C)c1cccc(F)c1N1CCCCC1CC. The van der Waals surface area contributed by atoms with Crippen molar-refractivity contribution in [2.24, 2.45) is 0 Å². The minimum absolute atomic E-state index is 0.0763. The van der Waals surface area contributed by atoms with Gasteiger partial charge in [-0.15, -0.1) is 0 Å². The number of para-hydroxylation sites is 1. The number of nitrogens with zero attached hydrogens (tertiary/aromatic N) is 1. The van der Waals surface area contributed by atoms with Crippen molar-refractivity contribution in [2.75, 3.05) is 18.0 Å². The van der Waals surface area contributed by atoms with Gasteiger partial charge in [0.05, 0.1) is 5.69 Å². The largest absolute Gasteiger partial charge is 0.366 e. The highest BCUT2D eigenvalue weighted by atomic mass is 19.1. The average Bonchev–Trinajstić information content (AvgIpc) is 2.47. The lowest BCUT2D eigenvalue weighted by Crippen LogP contribution is -2.40. The molecule has 0 amide bonds. The molecule has 0 spiro atoms. The van der Waals surface area contributed by atoms with Crippen molar-refractivity contribution in [3.05, 3.63) is 29.6 Å². The number of anilines is 1. The molecule has 0 aliphatic carbocycles. The van der Waals surface area contributed by atoms with E-state index in [-0.39, 0.29) is 11.9 Å². The Kier molecular flexibility index (Phi) is 5.41. The summed E-state index contributed by atoms with van der Waals surface area (Å²) in [5, 5.41) is 3.41. The summed E-state index contributed by atoms with van der Waals surface area (Å²) < 4.78 is 14.5. The van der Waals surface area contributed by atoms with Crippen LogP contribution in [-0.4, -0.2) is 19.1 Å². The van der Waals surface area contributed by atoms with Crippen LogP contribution >= 0.6 is 0 Å². The van der Waals surface area contributed by atoms with E-state index in [0.29, 0.717) is 6.04 Å². The van der Waals surface area contributed by atoms with Gasteiger partial charge in [0.15, 0.2) is 0 Å². The van der Waals surface area contributed by atoms with Crippen molar-refractivity contribution in [1.82, 2.24) is 5.32 Å². The molecule has 0 saturated carbocycles. The highest BCUT2D eigenvalue weighted by Gasteiger charge is 2.26. The van der Waals surface area contributed by atoms with Crippen molar-refractivity contribution in [3.63, 3.8) is 0 Å². The molecular weight excluding hydrogens is 251 g/mol. The molecule has 1 aliphatic rings. The van der Waals surface area contributed by atoms with E-state index >= 15 is 0 Å². The Bertz CT molecular complexity index is 433. The summed E-state index contributed by atoms with van der Waals surface area (Å²) in [7, 11) is 0. The molecule has 0 bridgehead atoms. The van der Waals surface area contributed by atoms with Crippen molar-refractivity contribution < 1.29 is 4.39 Å². The second-order valence-corrected chi connectivity index (χ2v) is 5.71. The number of hydrogen-bond acceptors (Lipinski definition) is 2. The topological polar surface area (TPSA) is 15.3 Å². The van der Waals surface area contributed by atoms with Crippen LogP contribution < -0.4 is 10.2 Å². The maximum atomic E-state index is 14.5. The molecule has 2 nitrogen and oxygen atoms in total. The van der Waals surface area contributed by atoms with E-state index in [2.05, 4.69) is 37.1 Å². The van der Waals surface area contributed by atoms with E-state index < -0.39 is 0 Å². The van der Waals surface area contributed by atoms with E-state index in [0.717, 1.165) is 30.8 Å². The summed E-state index contributed by atoms with van der Waals surface area (Å²) >= 11 is 0. The molecule has 1 aromatic carbocycles. The molecule has 1 fully saturated rings. The first-order valence-corrected chi connectivity index (χ1v) is 7.97. The zero-order chi connectivity index (χ0) is 14.5. The van der Waals surface area contributed by atoms with Crippen LogP contribution in [0.15, 0.2) is 18.2 Å². The lowest BCUT2D eigenvalue weighted by molar-refractivity contribution is 0.439. The number of hydrogen-bond donors (Lipinski definition) is 1. The second-order valence-electron chi connectivity index (χ2n) is 5.71. The Labute approximate surface area is 122 Å². The predicted octanol–water partition coefficient (Wildman–Crippen LogP) is 4.27. The Morgan fingerprint density at radius 2 is 2.15 bits per heavy atom. The standard InChI is InChI=1S/C17H27FN2/c1-4-14-9-6-7-12-20(14)17-15(13(3)19-5-2)10-8-11-16(17)18/h8,10-11,13-14,19H,4-7,9,12H2,1-3H3. The molecule has 1 N–H and O–H groups in total. The van der Waals surface area contributed by atoms with Gasteiger partial charge in [-0.25, -0.2) is 4.39 Å². The molecule has 1 heterocycles. The molecule has 1 aromatic rings. The highest BCUT2D eigenvalue weighted by Crippen LogP contribution is 2.34. The van der Waals surface area contributed by atoms with Crippen LogP contribution in [0.4, 0.5) is 10.1 Å². The maximum absolute atomic E-state index is 14.5. The Morgan fingerprint density at radius 1 is 1.35 bits per heavy atom. The molecule has 2 unspecified atom stereocenters. The first-order valence-electron chi connectivity index (χ1n) is 7.97. The van der Waals surface area contributed by atoms with E-state index in [1.165, 1.54) is 19.3 Å². The normalized spacial score (nSPS) is 21.0. The Morgan fingerprint density at radius 3 is 2.85 bits per heavy atom. The molecule has 0 radical (unpaired) electrons. The molecule has 20 heavy (non-hydrogen) atoms. The number of benzene rings is 1. The van der Waals surface area contributed by atoms with E-state index in [1.807, 2.05) is 6.07 Å². The number of halogens is 1. The summed E-state index contributed by atoms with van der Waals surface area (Å²) in [6.07, 6.45) is 4.70. The first-order chi connectivity index (χ1) is 9.69. The van der Waals surface area contributed by atoms with Crippen molar-refractivity contribution in [3.8, 4) is 0 Å². The Balaban J connectivity index is 2.37. The zero-order valence-electron chi connectivity index (χ0n) is 13.0. The quantitative estimate of drug-likeness (QED) is 0.865. The molecule has 0 aromatic heterocycles. The molecule has 2 atom stereocenters. The van der Waals surface area contributed by atoms with Crippen LogP contribution in [-0.2, 0) is 0 Å². The van der Waals surface area contributed by atoms with Crippen LogP contribution in [0, 0.1) is 5.82 Å². The number of nitrogens with one attached hydrogen (secondary N) is 1. The molecule has 3 heteroatoms. The van der Waals surface area contributed by atoms with Crippen molar-refractivity contribution in [2.45, 2.75) is 58.5 Å². The van der Waals surface area contributed by atoms with E-state index in [9.17, 15) is 4.39 Å². The fraction of sp³-hybridized carbons (Fsp3) is 0.647. The third-order valence-corrected chi connectivity index (χ3v) is 4.38. The van der Waals surface area contributed by atoms with Gasteiger partial charge in [-0.05, 0) is 50.8 Å². The monoisotopic (exact) mass is 278 g/mol. The minimum atomic E-state index is -0.0763. The van der Waals surface area contributed by atoms with Gasteiger partial charge in [-0.2, -0.15) is 0 Å². The van der Waals surface area contributed by atoms with Crippen LogP contribution in [0.3, 0.4) is 0 Å². The van der Waals surface area contributed by atoms with Gasteiger partial charge in [-0.3, -0.25) is 0 Å². The van der Waals surface area contributed by atoms with Crippen LogP contribution in [0.5, 0.6) is 0 Å². The van der Waals surface area contributed by atoms with Crippen molar-refractivity contribution in [1.29, 1.82) is 0 Å². The van der Waals surface area contributed by atoms with Gasteiger partial charge in [0.25, 0.3) is 0 Å². The van der Waals surface area contributed by atoms with Crippen LogP contribution in [0.2, 0.25) is 0 Å². The maximum Gasteiger partial charge on any atom is 0.146 e. The fourth-order valence-corrected chi connectivity index (χ4v) is 3.32. The highest BCUT2D eigenvalue weighted by molar-refractivity contribution is 5.57. The van der Waals surface area contributed by atoms with Crippen LogP contribution in [0.1, 0.15) is 58.1 Å². The average molecular weight is 278 g/mol. The minimum Gasteiger partial charge on any atom is -0.366 e. The second kappa shape index (κ2) is 7.07. The molecular formula is C17H27FN2.